The Morgan fingerprint density at radius 3 is 2.58 bits per heavy atom. The van der Waals surface area contributed by atoms with Crippen molar-refractivity contribution in [2.24, 2.45) is 0 Å². The van der Waals surface area contributed by atoms with Gasteiger partial charge in [0, 0.05) is 29.4 Å². The van der Waals surface area contributed by atoms with E-state index >= 15 is 0 Å². The lowest BCUT2D eigenvalue weighted by atomic mass is 10.1. The van der Waals surface area contributed by atoms with E-state index in [0.29, 0.717) is 16.8 Å². The lowest BCUT2D eigenvalue weighted by Crippen LogP contribution is -2.21. The van der Waals surface area contributed by atoms with Crippen LogP contribution in [0.2, 0.25) is 0 Å². The number of rotatable bonds is 8. The molecule has 2 aromatic carbocycles. The van der Waals surface area contributed by atoms with Gasteiger partial charge in [0.2, 0.25) is 5.95 Å². The normalized spacial score (nSPS) is 12.2. The number of alkyl halides is 3. The Hall–Kier alpha value is -3.93. The van der Waals surface area contributed by atoms with Crippen molar-refractivity contribution in [3.8, 4) is 17.0 Å². The van der Waals surface area contributed by atoms with Crippen LogP contribution in [0, 0.1) is 17.0 Å². The number of hydrogen-bond acceptors (Lipinski definition) is 8. The molecule has 3 rings (SSSR count). The van der Waals surface area contributed by atoms with Gasteiger partial charge in [0.15, 0.2) is 0 Å². The van der Waals surface area contributed by atoms with Gasteiger partial charge in [0.1, 0.15) is 11.6 Å². The van der Waals surface area contributed by atoms with Crippen LogP contribution in [0.5, 0.6) is 5.75 Å². The summed E-state index contributed by atoms with van der Waals surface area (Å²) in [5, 5.41) is 26.4. The summed E-state index contributed by atoms with van der Waals surface area (Å²) in [6.07, 6.45) is -4.85. The molecule has 1 atom stereocenters. The summed E-state index contributed by atoms with van der Waals surface area (Å²) in [4.78, 5) is 19.4. The molecule has 0 saturated carbocycles. The van der Waals surface area contributed by atoms with Gasteiger partial charge in [-0.1, -0.05) is 18.2 Å². The van der Waals surface area contributed by atoms with Gasteiger partial charge in [-0.25, -0.2) is 4.98 Å². The van der Waals surface area contributed by atoms with Crippen LogP contribution in [-0.2, 0) is 0 Å². The summed E-state index contributed by atoms with van der Waals surface area (Å²) in [6.45, 7) is 3.05. The van der Waals surface area contributed by atoms with Crippen molar-refractivity contribution in [3.05, 3.63) is 64.2 Å². The van der Waals surface area contributed by atoms with Crippen LogP contribution in [-0.4, -0.2) is 39.0 Å². The molecular weight excluding hydrogens is 443 g/mol. The van der Waals surface area contributed by atoms with Gasteiger partial charge in [0.05, 0.1) is 22.8 Å². The third kappa shape index (κ3) is 6.29. The number of ether oxygens (including phenoxy) is 1. The number of aliphatic hydroxyl groups excluding tert-OH is 1. The number of aromatic nitrogens is 2. The molecule has 0 aliphatic carbocycles. The van der Waals surface area contributed by atoms with Crippen molar-refractivity contribution in [1.29, 1.82) is 0 Å². The SMILES string of the molecule is Cc1c(Nc2cc(-c3cccc(OC(F)(F)F)c3)nc(N[C@@H](C)CO)n2)cccc1[N+](=O)[O-]. The lowest BCUT2D eigenvalue weighted by molar-refractivity contribution is -0.385. The summed E-state index contributed by atoms with van der Waals surface area (Å²) in [7, 11) is 0. The van der Waals surface area contributed by atoms with Crippen molar-refractivity contribution in [2.45, 2.75) is 26.3 Å². The lowest BCUT2D eigenvalue weighted by Gasteiger charge is -2.15. The average Bonchev–Trinajstić information content (AvgIpc) is 2.73. The van der Waals surface area contributed by atoms with Crippen LogP contribution < -0.4 is 15.4 Å². The smallest absolute Gasteiger partial charge is 0.406 e. The maximum atomic E-state index is 12.6. The fraction of sp³-hybridized carbons (Fsp3) is 0.238. The van der Waals surface area contributed by atoms with E-state index in [-0.39, 0.29) is 29.8 Å². The molecule has 1 aromatic heterocycles. The summed E-state index contributed by atoms with van der Waals surface area (Å²) in [5.74, 6) is -0.0824. The van der Waals surface area contributed by atoms with Gasteiger partial charge in [-0.15, -0.1) is 13.2 Å². The van der Waals surface area contributed by atoms with Crippen molar-refractivity contribution in [2.75, 3.05) is 17.2 Å². The molecular formula is C21H20F3N5O4. The number of nitrogens with one attached hydrogen (secondary N) is 2. The average molecular weight is 463 g/mol. The molecule has 0 aliphatic heterocycles. The van der Waals surface area contributed by atoms with Gasteiger partial charge in [0.25, 0.3) is 5.69 Å². The minimum Gasteiger partial charge on any atom is -0.406 e. The fourth-order valence-electron chi connectivity index (χ4n) is 2.94. The number of hydrogen-bond donors (Lipinski definition) is 3. The first kappa shape index (κ1) is 23.7. The molecule has 0 spiro atoms. The van der Waals surface area contributed by atoms with E-state index in [0.717, 1.165) is 6.07 Å². The van der Waals surface area contributed by atoms with Gasteiger partial charge >= 0.3 is 6.36 Å². The summed E-state index contributed by atoms with van der Waals surface area (Å²) < 4.78 is 41.8. The van der Waals surface area contributed by atoms with E-state index in [1.165, 1.54) is 30.3 Å². The highest BCUT2D eigenvalue weighted by atomic mass is 19.4. The first-order chi connectivity index (χ1) is 15.6. The number of halogens is 3. The minimum absolute atomic E-state index is 0.0847. The zero-order valence-electron chi connectivity index (χ0n) is 17.6. The van der Waals surface area contributed by atoms with E-state index in [1.807, 2.05) is 0 Å². The highest BCUT2D eigenvalue weighted by Gasteiger charge is 2.31. The van der Waals surface area contributed by atoms with Crippen molar-refractivity contribution >= 4 is 23.1 Å². The third-order valence-corrected chi connectivity index (χ3v) is 4.50. The molecule has 33 heavy (non-hydrogen) atoms. The number of nitrogens with zero attached hydrogens (tertiary/aromatic N) is 3. The Balaban J connectivity index is 2.03. The Kier molecular flexibility index (Phi) is 6.97. The first-order valence-corrected chi connectivity index (χ1v) is 9.69. The largest absolute Gasteiger partial charge is 0.573 e. The van der Waals surface area contributed by atoms with Gasteiger partial charge in [-0.2, -0.15) is 4.98 Å². The Labute approximate surface area is 186 Å². The number of benzene rings is 2. The van der Waals surface area contributed by atoms with Crippen LogP contribution in [0.1, 0.15) is 12.5 Å². The second-order valence-electron chi connectivity index (χ2n) is 7.10. The minimum atomic E-state index is -4.85. The predicted octanol–water partition coefficient (Wildman–Crippen LogP) is 4.80. The molecule has 12 heteroatoms. The molecule has 0 radical (unpaired) electrons. The van der Waals surface area contributed by atoms with E-state index in [9.17, 15) is 28.4 Å². The first-order valence-electron chi connectivity index (χ1n) is 9.69. The molecule has 0 aliphatic rings. The van der Waals surface area contributed by atoms with Crippen LogP contribution in [0.4, 0.5) is 36.3 Å². The molecule has 9 nitrogen and oxygen atoms in total. The van der Waals surface area contributed by atoms with Gasteiger partial charge in [-0.05, 0) is 32.0 Å². The predicted molar refractivity (Wildman–Crippen MR) is 115 cm³/mol. The highest BCUT2D eigenvalue weighted by Crippen LogP contribution is 2.31. The molecule has 0 amide bonds. The van der Waals surface area contributed by atoms with Crippen molar-refractivity contribution in [3.63, 3.8) is 0 Å². The second kappa shape index (κ2) is 9.69. The number of nitro benzene ring substituents is 1. The van der Waals surface area contributed by atoms with Gasteiger partial charge in [-0.3, -0.25) is 10.1 Å². The summed E-state index contributed by atoms with van der Waals surface area (Å²) >= 11 is 0. The van der Waals surface area contributed by atoms with E-state index in [2.05, 4.69) is 25.3 Å². The summed E-state index contributed by atoms with van der Waals surface area (Å²) in [5.41, 5.74) is 1.29. The zero-order chi connectivity index (χ0) is 24.2. The molecule has 3 aromatic rings. The molecule has 0 unspecified atom stereocenters. The highest BCUT2D eigenvalue weighted by molar-refractivity contribution is 5.71. The third-order valence-electron chi connectivity index (χ3n) is 4.50. The molecule has 0 bridgehead atoms. The van der Waals surface area contributed by atoms with Crippen molar-refractivity contribution in [1.82, 2.24) is 9.97 Å². The standard InChI is InChI=1S/C21H20F3N5O4/c1-12(11-30)25-20-27-17(14-5-3-6-15(9-14)33-21(22,23)24)10-19(28-20)26-16-7-4-8-18(13(16)2)29(31)32/h3-10,12,30H,11H2,1-2H3,(H2,25,26,27,28)/t12-/m0/s1. The van der Waals surface area contributed by atoms with Crippen LogP contribution in [0.25, 0.3) is 11.3 Å². The zero-order valence-corrected chi connectivity index (χ0v) is 17.6. The molecule has 0 fully saturated rings. The monoisotopic (exact) mass is 463 g/mol. The molecule has 0 saturated heterocycles. The Bertz CT molecular complexity index is 1160. The summed E-state index contributed by atoms with van der Waals surface area (Å²) in [6, 6.07) is 10.9. The van der Waals surface area contributed by atoms with Crippen LogP contribution in [0.3, 0.4) is 0 Å². The fourth-order valence-corrected chi connectivity index (χ4v) is 2.94. The van der Waals surface area contributed by atoms with Crippen LogP contribution >= 0.6 is 0 Å². The van der Waals surface area contributed by atoms with Crippen LogP contribution in [0.15, 0.2) is 48.5 Å². The molecule has 1 heterocycles. The number of anilines is 3. The van der Waals surface area contributed by atoms with E-state index in [4.69, 9.17) is 0 Å². The maximum absolute atomic E-state index is 12.6. The second-order valence-corrected chi connectivity index (χ2v) is 7.10. The Morgan fingerprint density at radius 2 is 1.91 bits per heavy atom. The quantitative estimate of drug-likeness (QED) is 0.322. The maximum Gasteiger partial charge on any atom is 0.573 e. The number of nitro groups is 1. The van der Waals surface area contributed by atoms with Crippen molar-refractivity contribution < 1.29 is 27.9 Å². The molecule has 3 N–H and O–H groups in total. The van der Waals surface area contributed by atoms with Gasteiger partial charge < -0.3 is 20.5 Å². The molecule has 174 valence electrons. The van der Waals surface area contributed by atoms with E-state index < -0.39 is 23.1 Å². The topological polar surface area (TPSA) is 122 Å². The Morgan fingerprint density at radius 1 is 1.18 bits per heavy atom. The number of aliphatic hydroxyl groups is 1. The van der Waals surface area contributed by atoms with E-state index in [1.54, 1.807) is 26.0 Å².